The maximum absolute atomic E-state index is 13.2. The highest BCUT2D eigenvalue weighted by Gasteiger charge is 2.32. The smallest absolute Gasteiger partial charge is 0.377 e. The van der Waals surface area contributed by atoms with Crippen LogP contribution >= 0.6 is 11.3 Å². The summed E-state index contributed by atoms with van der Waals surface area (Å²) >= 11 is 1.53. The topological polar surface area (TPSA) is 60.2 Å². The molecular formula is C26H25F3N4O2S. The Morgan fingerprint density at radius 1 is 1.11 bits per heavy atom. The maximum atomic E-state index is 13.2. The number of methoxy groups -OCH3 is 1. The van der Waals surface area contributed by atoms with Crippen molar-refractivity contribution in [1.29, 1.82) is 0 Å². The Morgan fingerprint density at radius 2 is 1.86 bits per heavy atom. The zero-order valence-corrected chi connectivity index (χ0v) is 20.5. The van der Waals surface area contributed by atoms with Crippen molar-refractivity contribution in [2.45, 2.75) is 38.1 Å². The first-order valence-electron chi connectivity index (χ1n) is 11.7. The van der Waals surface area contributed by atoms with E-state index in [0.29, 0.717) is 42.8 Å². The summed E-state index contributed by atoms with van der Waals surface area (Å²) in [6, 6.07) is 13.5. The number of piperidine rings is 1. The molecule has 0 unspecified atom stereocenters. The number of carbonyl (C=O) groups is 1. The van der Waals surface area contributed by atoms with Gasteiger partial charge in [0.25, 0.3) is 0 Å². The van der Waals surface area contributed by atoms with Crippen LogP contribution in [-0.4, -0.2) is 45.5 Å². The molecule has 6 nitrogen and oxygen atoms in total. The lowest BCUT2D eigenvalue weighted by molar-refractivity contribution is -0.137. The van der Waals surface area contributed by atoms with Gasteiger partial charge < -0.3 is 14.2 Å². The van der Waals surface area contributed by atoms with Crippen LogP contribution in [0.15, 0.2) is 53.9 Å². The monoisotopic (exact) mass is 514 g/mol. The van der Waals surface area contributed by atoms with Crippen molar-refractivity contribution in [3.8, 4) is 10.6 Å². The Morgan fingerprint density at radius 3 is 2.56 bits per heavy atom. The number of hydrogen-bond acceptors (Lipinski definition) is 5. The van der Waals surface area contributed by atoms with Crippen molar-refractivity contribution in [2.75, 3.05) is 20.2 Å². The summed E-state index contributed by atoms with van der Waals surface area (Å²) in [5, 5.41) is 2.82. The molecule has 0 bridgehead atoms. The Bertz CT molecular complexity index is 1360. The van der Waals surface area contributed by atoms with Gasteiger partial charge in [0.1, 0.15) is 17.4 Å². The third-order valence-corrected chi connectivity index (χ3v) is 7.39. The Kier molecular flexibility index (Phi) is 6.81. The number of imidazole rings is 1. The molecule has 1 aliphatic heterocycles. The quantitative estimate of drug-likeness (QED) is 0.330. The second-order valence-corrected chi connectivity index (χ2v) is 9.69. The second-order valence-electron chi connectivity index (χ2n) is 8.83. The Hall–Kier alpha value is -3.24. The van der Waals surface area contributed by atoms with E-state index < -0.39 is 11.7 Å². The molecule has 188 valence electrons. The predicted octanol–water partition coefficient (Wildman–Crippen LogP) is 5.73. The lowest BCUT2D eigenvalue weighted by atomic mass is 10.0. The summed E-state index contributed by atoms with van der Waals surface area (Å²) in [6.45, 7) is 1.32. The van der Waals surface area contributed by atoms with E-state index in [2.05, 4.69) is 9.97 Å². The first-order chi connectivity index (χ1) is 17.3. The lowest BCUT2D eigenvalue weighted by Crippen LogP contribution is -2.40. The minimum Gasteiger partial charge on any atom is -0.377 e. The molecular weight excluding hydrogens is 489 g/mol. The molecule has 4 aromatic rings. The van der Waals surface area contributed by atoms with Gasteiger partial charge in [0.2, 0.25) is 5.91 Å². The molecule has 0 saturated carbocycles. The predicted molar refractivity (Wildman–Crippen MR) is 132 cm³/mol. The average molecular weight is 515 g/mol. The van der Waals surface area contributed by atoms with E-state index in [1.54, 1.807) is 0 Å². The number of nitrogens with zero attached hydrogens (tertiary/aromatic N) is 4. The average Bonchev–Trinajstić information content (AvgIpc) is 3.48. The van der Waals surface area contributed by atoms with E-state index in [0.717, 1.165) is 28.4 Å². The van der Waals surface area contributed by atoms with Crippen LogP contribution in [0.3, 0.4) is 0 Å². The first-order valence-corrected chi connectivity index (χ1v) is 12.6. The number of benzene rings is 2. The van der Waals surface area contributed by atoms with Crippen molar-refractivity contribution < 1.29 is 22.7 Å². The Balaban J connectivity index is 1.28. The number of thiazole rings is 1. The van der Waals surface area contributed by atoms with Gasteiger partial charge in [0.15, 0.2) is 0 Å². The molecule has 2 aromatic carbocycles. The molecule has 10 heteroatoms. The summed E-state index contributed by atoms with van der Waals surface area (Å²) in [6.07, 6.45) is -2.82. The van der Waals surface area contributed by atoms with Gasteiger partial charge in [-0.3, -0.25) is 4.79 Å². The molecule has 5 rings (SSSR count). The van der Waals surface area contributed by atoms with Crippen LogP contribution < -0.4 is 0 Å². The number of rotatable bonds is 6. The molecule has 1 fully saturated rings. The van der Waals surface area contributed by atoms with Gasteiger partial charge in [0.05, 0.1) is 28.7 Å². The van der Waals surface area contributed by atoms with Crippen molar-refractivity contribution >= 4 is 28.3 Å². The number of carbonyl (C=O) groups excluding carboxylic acids is 1. The molecule has 36 heavy (non-hydrogen) atoms. The van der Waals surface area contributed by atoms with Crippen molar-refractivity contribution in [1.82, 2.24) is 19.4 Å². The summed E-state index contributed by atoms with van der Waals surface area (Å²) in [5.41, 5.74) is 2.02. The van der Waals surface area contributed by atoms with Gasteiger partial charge in [-0.25, -0.2) is 9.97 Å². The fourth-order valence-electron chi connectivity index (χ4n) is 4.71. The molecule has 0 N–H and O–H groups in total. The first kappa shape index (κ1) is 24.5. The number of amides is 1. The summed E-state index contributed by atoms with van der Waals surface area (Å²) in [4.78, 5) is 23.9. The highest BCUT2D eigenvalue weighted by Crippen LogP contribution is 2.34. The highest BCUT2D eigenvalue weighted by atomic mass is 32.1. The third kappa shape index (κ3) is 5.01. The minimum atomic E-state index is -4.43. The zero-order chi connectivity index (χ0) is 25.3. The van der Waals surface area contributed by atoms with Crippen LogP contribution in [0.25, 0.3) is 21.6 Å². The van der Waals surface area contributed by atoms with Gasteiger partial charge >= 0.3 is 6.18 Å². The van der Waals surface area contributed by atoms with E-state index in [1.807, 2.05) is 45.2 Å². The maximum Gasteiger partial charge on any atom is 0.416 e. The number of likely N-dealkylation sites (tertiary alicyclic amines) is 1. The third-order valence-electron chi connectivity index (χ3n) is 6.45. The van der Waals surface area contributed by atoms with Crippen molar-refractivity contribution in [3.05, 3.63) is 71.0 Å². The number of aromatic nitrogens is 3. The molecule has 0 atom stereocenters. The Labute approximate surface area is 210 Å². The standard InChI is InChI=1S/C26H25F3N4O2S/c1-35-15-23-31-21-13-18(26(27,28)29)7-8-22(21)33(23)20-9-11-32(12-10-20)24(34)14-19-16-36-25(30-19)17-5-3-2-4-6-17/h2-8,13,16,20H,9-12,14-15H2,1H3. The molecule has 1 aliphatic rings. The zero-order valence-electron chi connectivity index (χ0n) is 19.7. The minimum absolute atomic E-state index is 0.0184. The molecule has 1 amide bonds. The highest BCUT2D eigenvalue weighted by molar-refractivity contribution is 7.13. The molecule has 2 aromatic heterocycles. The molecule has 0 radical (unpaired) electrons. The van der Waals surface area contributed by atoms with Crippen molar-refractivity contribution in [2.24, 2.45) is 0 Å². The van der Waals surface area contributed by atoms with Gasteiger partial charge in [0, 0.05) is 37.2 Å². The number of ether oxygens (including phenoxy) is 1. The fourth-order valence-corrected chi connectivity index (χ4v) is 5.53. The van der Waals surface area contributed by atoms with Crippen LogP contribution in [0.4, 0.5) is 13.2 Å². The molecule has 3 heterocycles. The van der Waals surface area contributed by atoms with Crippen LogP contribution in [0.5, 0.6) is 0 Å². The number of hydrogen-bond donors (Lipinski definition) is 0. The van der Waals surface area contributed by atoms with Gasteiger partial charge in [-0.2, -0.15) is 13.2 Å². The van der Waals surface area contributed by atoms with Gasteiger partial charge in [-0.15, -0.1) is 11.3 Å². The van der Waals surface area contributed by atoms with E-state index in [4.69, 9.17) is 4.74 Å². The summed E-state index contributed by atoms with van der Waals surface area (Å²) in [5.74, 6) is 0.619. The van der Waals surface area contributed by atoms with Crippen LogP contribution in [0, 0.1) is 0 Å². The van der Waals surface area contributed by atoms with E-state index in [1.165, 1.54) is 24.5 Å². The van der Waals surface area contributed by atoms with Gasteiger partial charge in [-0.05, 0) is 31.0 Å². The SMILES string of the molecule is COCc1nc2cc(C(F)(F)F)ccc2n1C1CCN(C(=O)Cc2csc(-c3ccccc3)n2)CC1. The summed E-state index contributed by atoms with van der Waals surface area (Å²) in [7, 11) is 1.54. The number of fused-ring (bicyclic) bond motifs is 1. The largest absolute Gasteiger partial charge is 0.416 e. The molecule has 0 spiro atoms. The van der Waals surface area contributed by atoms with Crippen molar-refractivity contribution in [3.63, 3.8) is 0 Å². The number of alkyl halides is 3. The van der Waals surface area contributed by atoms with Crippen LogP contribution in [0.1, 0.15) is 36.0 Å². The van der Waals surface area contributed by atoms with E-state index >= 15 is 0 Å². The molecule has 1 saturated heterocycles. The van der Waals surface area contributed by atoms with E-state index in [-0.39, 0.29) is 25.0 Å². The fraction of sp³-hybridized carbons (Fsp3) is 0.346. The number of halogens is 3. The van der Waals surface area contributed by atoms with Gasteiger partial charge in [-0.1, -0.05) is 30.3 Å². The van der Waals surface area contributed by atoms with E-state index in [9.17, 15) is 18.0 Å². The summed E-state index contributed by atoms with van der Waals surface area (Å²) < 4.78 is 46.8. The molecule has 0 aliphatic carbocycles. The lowest BCUT2D eigenvalue weighted by Gasteiger charge is -2.33. The normalized spacial score (nSPS) is 15.1. The second kappa shape index (κ2) is 10.0. The van der Waals surface area contributed by atoms with Crippen LogP contribution in [-0.2, 0) is 28.7 Å². The van der Waals surface area contributed by atoms with Crippen LogP contribution in [0.2, 0.25) is 0 Å².